The van der Waals surface area contributed by atoms with Gasteiger partial charge in [0, 0.05) is 6.07 Å². The van der Waals surface area contributed by atoms with E-state index in [1.165, 1.54) is 12.1 Å². The van der Waals surface area contributed by atoms with Gasteiger partial charge in [-0.25, -0.2) is 9.37 Å². The third kappa shape index (κ3) is 4.33. The van der Waals surface area contributed by atoms with Crippen molar-refractivity contribution in [1.82, 2.24) is 9.97 Å². The highest BCUT2D eigenvalue weighted by atomic mass is 19.1. The van der Waals surface area contributed by atoms with Gasteiger partial charge in [0.15, 0.2) is 5.75 Å². The smallest absolute Gasteiger partial charge is 0.150 e. The van der Waals surface area contributed by atoms with Crippen LogP contribution in [0.2, 0.25) is 0 Å². The van der Waals surface area contributed by atoms with E-state index < -0.39 is 0 Å². The zero-order valence-corrected chi connectivity index (χ0v) is 14.7. The van der Waals surface area contributed by atoms with Crippen molar-refractivity contribution < 1.29 is 13.9 Å². The number of hydrogen-bond acceptors (Lipinski definition) is 3. The summed E-state index contributed by atoms with van der Waals surface area (Å²) in [5.41, 5.74) is 3.30. The SMILES string of the molecule is Fc1cc(OCc2ccccc2)c2nc(COCc3ccccc3)[nH]c2c1. The topological polar surface area (TPSA) is 47.1 Å². The number of H-pyrrole nitrogens is 1. The largest absolute Gasteiger partial charge is 0.486 e. The normalized spacial score (nSPS) is 11.0. The fraction of sp³-hybridized carbons (Fsp3) is 0.136. The third-order valence-corrected chi connectivity index (χ3v) is 4.15. The van der Waals surface area contributed by atoms with E-state index in [4.69, 9.17) is 9.47 Å². The van der Waals surface area contributed by atoms with Gasteiger partial charge in [0.05, 0.1) is 12.1 Å². The van der Waals surface area contributed by atoms with Crippen LogP contribution < -0.4 is 4.74 Å². The molecule has 0 bridgehead atoms. The first kappa shape index (κ1) is 17.2. The van der Waals surface area contributed by atoms with Gasteiger partial charge in [0.25, 0.3) is 0 Å². The molecule has 0 saturated carbocycles. The molecule has 0 amide bonds. The van der Waals surface area contributed by atoms with E-state index in [1.807, 2.05) is 60.7 Å². The van der Waals surface area contributed by atoms with E-state index in [0.717, 1.165) is 11.1 Å². The van der Waals surface area contributed by atoms with Crippen LogP contribution in [0.15, 0.2) is 72.8 Å². The van der Waals surface area contributed by atoms with E-state index in [-0.39, 0.29) is 5.82 Å². The number of ether oxygens (including phenoxy) is 2. The summed E-state index contributed by atoms with van der Waals surface area (Å²) in [6.07, 6.45) is 0. The number of hydrogen-bond donors (Lipinski definition) is 1. The molecule has 136 valence electrons. The predicted octanol–water partition coefficient (Wildman–Crippen LogP) is 5.00. The molecule has 0 fully saturated rings. The molecule has 0 unspecified atom stereocenters. The molecule has 0 aliphatic heterocycles. The van der Waals surface area contributed by atoms with E-state index in [1.54, 1.807) is 0 Å². The van der Waals surface area contributed by atoms with Gasteiger partial charge in [-0.15, -0.1) is 0 Å². The molecule has 4 nitrogen and oxygen atoms in total. The van der Waals surface area contributed by atoms with Crippen LogP contribution in [0.1, 0.15) is 17.0 Å². The van der Waals surface area contributed by atoms with Gasteiger partial charge in [0.1, 0.15) is 30.4 Å². The Hall–Kier alpha value is -3.18. The van der Waals surface area contributed by atoms with Crippen molar-refractivity contribution in [1.29, 1.82) is 0 Å². The fourth-order valence-corrected chi connectivity index (χ4v) is 2.86. The second-order valence-electron chi connectivity index (χ2n) is 6.24. The number of halogens is 1. The Kier molecular flexibility index (Phi) is 5.12. The maximum Gasteiger partial charge on any atom is 0.150 e. The van der Waals surface area contributed by atoms with Crippen molar-refractivity contribution in [3.8, 4) is 5.75 Å². The van der Waals surface area contributed by atoms with Crippen molar-refractivity contribution in [3.05, 3.63) is 95.6 Å². The number of benzene rings is 3. The Labute approximate surface area is 156 Å². The number of rotatable bonds is 7. The maximum absolute atomic E-state index is 13.9. The first-order chi connectivity index (χ1) is 13.3. The molecule has 3 aromatic carbocycles. The average molecular weight is 362 g/mol. The van der Waals surface area contributed by atoms with Crippen molar-refractivity contribution >= 4 is 11.0 Å². The van der Waals surface area contributed by atoms with Gasteiger partial charge in [-0.2, -0.15) is 0 Å². The number of aromatic amines is 1. The second-order valence-corrected chi connectivity index (χ2v) is 6.24. The highest BCUT2D eigenvalue weighted by molar-refractivity contribution is 5.81. The van der Waals surface area contributed by atoms with E-state index in [2.05, 4.69) is 9.97 Å². The third-order valence-electron chi connectivity index (χ3n) is 4.15. The lowest BCUT2D eigenvalue weighted by molar-refractivity contribution is 0.102. The van der Waals surface area contributed by atoms with Gasteiger partial charge in [0.2, 0.25) is 0 Å². The average Bonchev–Trinajstić information content (AvgIpc) is 3.10. The summed E-state index contributed by atoms with van der Waals surface area (Å²) in [4.78, 5) is 7.63. The molecule has 1 heterocycles. The summed E-state index contributed by atoms with van der Waals surface area (Å²) in [6, 6.07) is 22.4. The zero-order valence-electron chi connectivity index (χ0n) is 14.7. The van der Waals surface area contributed by atoms with Crippen LogP contribution in [0.3, 0.4) is 0 Å². The molecule has 0 atom stereocenters. The van der Waals surface area contributed by atoms with Crippen LogP contribution in [0.5, 0.6) is 5.75 Å². The van der Waals surface area contributed by atoms with Gasteiger partial charge in [-0.1, -0.05) is 60.7 Å². The quantitative estimate of drug-likeness (QED) is 0.503. The van der Waals surface area contributed by atoms with E-state index >= 15 is 0 Å². The lowest BCUT2D eigenvalue weighted by atomic mass is 10.2. The van der Waals surface area contributed by atoms with Crippen molar-refractivity contribution in [2.24, 2.45) is 0 Å². The lowest BCUT2D eigenvalue weighted by Crippen LogP contribution is -1.97. The zero-order chi connectivity index (χ0) is 18.5. The van der Waals surface area contributed by atoms with Crippen molar-refractivity contribution in [3.63, 3.8) is 0 Å². The first-order valence-electron chi connectivity index (χ1n) is 8.74. The van der Waals surface area contributed by atoms with Gasteiger partial charge in [-0.05, 0) is 17.2 Å². The number of nitrogens with one attached hydrogen (secondary N) is 1. The molecule has 0 spiro atoms. The van der Waals surface area contributed by atoms with Gasteiger partial charge < -0.3 is 14.5 Å². The minimum absolute atomic E-state index is 0.309. The molecule has 1 aromatic heterocycles. The lowest BCUT2D eigenvalue weighted by Gasteiger charge is -2.07. The Morgan fingerprint density at radius 3 is 2.19 bits per heavy atom. The van der Waals surface area contributed by atoms with Gasteiger partial charge >= 0.3 is 0 Å². The fourth-order valence-electron chi connectivity index (χ4n) is 2.86. The van der Waals surface area contributed by atoms with Crippen LogP contribution in [0.25, 0.3) is 11.0 Å². The van der Waals surface area contributed by atoms with E-state index in [0.29, 0.717) is 42.4 Å². The second kappa shape index (κ2) is 8.01. The number of fused-ring (bicyclic) bond motifs is 1. The molecule has 4 aromatic rings. The van der Waals surface area contributed by atoms with Crippen LogP contribution in [-0.4, -0.2) is 9.97 Å². The summed E-state index contributed by atoms with van der Waals surface area (Å²) >= 11 is 0. The molecular formula is C22H19FN2O2. The predicted molar refractivity (Wildman–Crippen MR) is 102 cm³/mol. The Bertz CT molecular complexity index is 1020. The minimum Gasteiger partial charge on any atom is -0.486 e. The number of nitrogens with zero attached hydrogens (tertiary/aromatic N) is 1. The molecular weight excluding hydrogens is 343 g/mol. The Morgan fingerprint density at radius 1 is 0.815 bits per heavy atom. The molecule has 27 heavy (non-hydrogen) atoms. The van der Waals surface area contributed by atoms with Crippen molar-refractivity contribution in [2.75, 3.05) is 0 Å². The Morgan fingerprint density at radius 2 is 1.48 bits per heavy atom. The van der Waals surface area contributed by atoms with E-state index in [9.17, 15) is 4.39 Å². The molecule has 4 rings (SSSR count). The van der Waals surface area contributed by atoms with Crippen molar-refractivity contribution in [2.45, 2.75) is 19.8 Å². The minimum atomic E-state index is -0.369. The molecule has 0 aliphatic carbocycles. The van der Waals surface area contributed by atoms with Crippen LogP contribution in [-0.2, 0) is 24.6 Å². The molecule has 1 N–H and O–H groups in total. The van der Waals surface area contributed by atoms with Crippen LogP contribution in [0, 0.1) is 5.82 Å². The monoisotopic (exact) mass is 362 g/mol. The summed E-state index contributed by atoms with van der Waals surface area (Å²) in [6.45, 7) is 1.15. The highest BCUT2D eigenvalue weighted by Gasteiger charge is 2.12. The van der Waals surface area contributed by atoms with Gasteiger partial charge in [-0.3, -0.25) is 0 Å². The summed E-state index contributed by atoms with van der Waals surface area (Å²) in [7, 11) is 0. The molecule has 0 aliphatic rings. The number of imidazole rings is 1. The van der Waals surface area contributed by atoms with Crippen LogP contribution in [0.4, 0.5) is 4.39 Å². The maximum atomic E-state index is 13.9. The molecule has 0 radical (unpaired) electrons. The highest BCUT2D eigenvalue weighted by Crippen LogP contribution is 2.26. The molecule has 0 saturated heterocycles. The Balaban J connectivity index is 1.47. The van der Waals surface area contributed by atoms with Crippen LogP contribution >= 0.6 is 0 Å². The first-order valence-corrected chi connectivity index (χ1v) is 8.74. The standard InChI is InChI=1S/C22H19FN2O2/c23-18-11-19-22(20(12-18)27-14-17-9-5-2-6-10-17)25-21(24-19)15-26-13-16-7-3-1-4-8-16/h1-12H,13-15H2,(H,24,25). The molecule has 5 heteroatoms. The summed E-state index contributed by atoms with van der Waals surface area (Å²) in [5, 5.41) is 0. The summed E-state index contributed by atoms with van der Waals surface area (Å²) in [5.74, 6) is 0.682. The number of aromatic nitrogens is 2. The summed E-state index contributed by atoms with van der Waals surface area (Å²) < 4.78 is 25.5.